The molecule has 1 fully saturated rings. The van der Waals surface area contributed by atoms with Crippen molar-refractivity contribution in [2.45, 2.75) is 83.5 Å². The molecule has 0 amide bonds. The number of unbranched alkanes of at least 4 members (excludes halogenated alkanes) is 1. The van der Waals surface area contributed by atoms with Crippen molar-refractivity contribution in [3.8, 4) is 0 Å². The molecule has 1 saturated carbocycles. The van der Waals surface area contributed by atoms with Gasteiger partial charge in [0.15, 0.2) is 0 Å². The van der Waals surface area contributed by atoms with Gasteiger partial charge in [-0.2, -0.15) is 0 Å². The van der Waals surface area contributed by atoms with Crippen LogP contribution in [0, 0.1) is 11.8 Å². The summed E-state index contributed by atoms with van der Waals surface area (Å²) in [5.41, 5.74) is 0. The highest BCUT2D eigenvalue weighted by Gasteiger charge is 2.26. The van der Waals surface area contributed by atoms with Crippen LogP contribution in [0.3, 0.4) is 0 Å². The Morgan fingerprint density at radius 2 is 1.90 bits per heavy atom. The fourth-order valence-electron chi connectivity index (χ4n) is 3.52. The highest BCUT2D eigenvalue weighted by molar-refractivity contribution is 9.08. The van der Waals surface area contributed by atoms with E-state index in [4.69, 9.17) is 0 Å². The zero-order valence-electron chi connectivity index (χ0n) is 13.8. The predicted octanol–water partition coefficient (Wildman–Crippen LogP) is 5.29. The van der Waals surface area contributed by atoms with Gasteiger partial charge in [-0.05, 0) is 37.5 Å². The van der Waals surface area contributed by atoms with E-state index in [1.807, 2.05) is 0 Å². The molecule has 0 saturated heterocycles. The third-order valence-electron chi connectivity index (χ3n) is 4.70. The fourth-order valence-corrected chi connectivity index (χ4v) is 3.93. The molecule has 1 aromatic heterocycles. The number of hydrogen-bond acceptors (Lipinski definition) is 2. The first-order valence-corrected chi connectivity index (χ1v) is 9.75. The van der Waals surface area contributed by atoms with Gasteiger partial charge < -0.3 is 4.57 Å². The molecule has 0 atom stereocenters. The summed E-state index contributed by atoms with van der Waals surface area (Å²) in [6, 6.07) is 0. The van der Waals surface area contributed by atoms with Crippen LogP contribution in [0.1, 0.15) is 83.3 Å². The summed E-state index contributed by atoms with van der Waals surface area (Å²) in [5, 5.41) is 9.74. The van der Waals surface area contributed by atoms with E-state index in [1.54, 1.807) is 0 Å². The van der Waals surface area contributed by atoms with Gasteiger partial charge in [-0.15, -0.1) is 10.2 Å². The molecule has 1 aliphatic rings. The Kier molecular flexibility index (Phi) is 6.72. The topological polar surface area (TPSA) is 30.7 Å². The van der Waals surface area contributed by atoms with Gasteiger partial charge in [0.25, 0.3) is 0 Å². The van der Waals surface area contributed by atoms with Crippen molar-refractivity contribution in [1.29, 1.82) is 0 Å². The van der Waals surface area contributed by atoms with Gasteiger partial charge in [0.2, 0.25) is 0 Å². The third kappa shape index (κ3) is 4.54. The Labute approximate surface area is 138 Å². The molecule has 1 aromatic rings. The fraction of sp³-hybridized carbons (Fsp3) is 0.882. The first-order valence-electron chi connectivity index (χ1n) is 8.63. The van der Waals surface area contributed by atoms with Crippen LogP contribution in [-0.4, -0.2) is 14.8 Å². The number of aromatic nitrogens is 3. The van der Waals surface area contributed by atoms with Crippen LogP contribution in [0.5, 0.6) is 0 Å². The molecule has 1 aliphatic carbocycles. The van der Waals surface area contributed by atoms with Crippen LogP contribution >= 0.6 is 15.9 Å². The number of hydrogen-bond donors (Lipinski definition) is 0. The van der Waals surface area contributed by atoms with E-state index < -0.39 is 0 Å². The highest BCUT2D eigenvalue weighted by Crippen LogP contribution is 2.37. The lowest BCUT2D eigenvalue weighted by Gasteiger charge is -2.28. The normalized spacial score (nSPS) is 22.9. The van der Waals surface area contributed by atoms with Crippen molar-refractivity contribution in [2.24, 2.45) is 11.8 Å². The summed E-state index contributed by atoms with van der Waals surface area (Å²) in [6.45, 7) is 7.87. The molecule has 0 radical (unpaired) electrons. The summed E-state index contributed by atoms with van der Waals surface area (Å²) >= 11 is 3.55. The van der Waals surface area contributed by atoms with Crippen LogP contribution in [-0.2, 0) is 11.9 Å². The van der Waals surface area contributed by atoms with E-state index in [0.29, 0.717) is 11.8 Å². The van der Waals surface area contributed by atoms with Crippen molar-refractivity contribution < 1.29 is 0 Å². The van der Waals surface area contributed by atoms with Crippen LogP contribution in [0.25, 0.3) is 0 Å². The summed E-state index contributed by atoms with van der Waals surface area (Å²) < 4.78 is 2.37. The minimum atomic E-state index is 0.627. The molecular formula is C17H30BrN3. The zero-order valence-corrected chi connectivity index (χ0v) is 15.4. The molecule has 0 aromatic carbocycles. The van der Waals surface area contributed by atoms with Gasteiger partial charge in [0.1, 0.15) is 11.6 Å². The molecule has 21 heavy (non-hydrogen) atoms. The molecule has 1 heterocycles. The van der Waals surface area contributed by atoms with Gasteiger partial charge in [-0.25, -0.2) is 0 Å². The Morgan fingerprint density at radius 3 is 2.48 bits per heavy atom. The first-order chi connectivity index (χ1) is 10.2. The second-order valence-corrected chi connectivity index (χ2v) is 7.53. The lowest BCUT2D eigenvalue weighted by Crippen LogP contribution is -2.19. The number of nitrogens with zero attached hydrogens (tertiary/aromatic N) is 3. The number of rotatable bonds is 7. The number of halogens is 1. The lowest BCUT2D eigenvalue weighted by atomic mass is 9.79. The Balaban J connectivity index is 2.01. The quantitative estimate of drug-likeness (QED) is 0.621. The minimum Gasteiger partial charge on any atom is -0.314 e. The van der Waals surface area contributed by atoms with Gasteiger partial charge in [-0.3, -0.25) is 0 Å². The van der Waals surface area contributed by atoms with Crippen molar-refractivity contribution >= 4 is 15.9 Å². The molecule has 0 aliphatic heterocycles. The van der Waals surface area contributed by atoms with E-state index in [9.17, 15) is 0 Å². The summed E-state index contributed by atoms with van der Waals surface area (Å²) in [4.78, 5) is 0. The monoisotopic (exact) mass is 355 g/mol. The second kappa shape index (κ2) is 8.30. The van der Waals surface area contributed by atoms with Crippen molar-refractivity contribution in [1.82, 2.24) is 14.8 Å². The first kappa shape index (κ1) is 17.0. The Bertz CT molecular complexity index is 420. The SMILES string of the molecule is CCCCC1CCC(c2nnc(CBr)n2CC(C)C)CC1. The minimum absolute atomic E-state index is 0.627. The standard InChI is InChI=1S/C17H30BrN3/c1-4-5-6-14-7-9-15(10-8-14)17-20-19-16(11-18)21(17)12-13(2)3/h13-15H,4-12H2,1-3H3. The zero-order chi connectivity index (χ0) is 15.2. The maximum Gasteiger partial charge on any atom is 0.143 e. The maximum atomic E-state index is 4.53. The van der Waals surface area contributed by atoms with Crippen molar-refractivity contribution in [3.63, 3.8) is 0 Å². The number of alkyl halides is 1. The summed E-state index contributed by atoms with van der Waals surface area (Å²) in [7, 11) is 0. The predicted molar refractivity (Wildman–Crippen MR) is 91.7 cm³/mol. The van der Waals surface area contributed by atoms with Crippen LogP contribution in [0.15, 0.2) is 0 Å². The second-order valence-electron chi connectivity index (χ2n) is 6.97. The average Bonchev–Trinajstić information content (AvgIpc) is 2.87. The molecule has 2 rings (SSSR count). The van der Waals surface area contributed by atoms with Crippen LogP contribution in [0.2, 0.25) is 0 Å². The van der Waals surface area contributed by atoms with Gasteiger partial charge in [0, 0.05) is 12.5 Å². The third-order valence-corrected chi connectivity index (χ3v) is 5.20. The van der Waals surface area contributed by atoms with Gasteiger partial charge in [-0.1, -0.05) is 56.0 Å². The van der Waals surface area contributed by atoms with E-state index in [1.165, 1.54) is 50.8 Å². The Hall–Kier alpha value is -0.380. The molecule has 0 N–H and O–H groups in total. The summed E-state index contributed by atoms with van der Waals surface area (Å²) in [6.07, 6.45) is 9.50. The molecule has 120 valence electrons. The lowest BCUT2D eigenvalue weighted by molar-refractivity contribution is 0.292. The van der Waals surface area contributed by atoms with Crippen molar-refractivity contribution in [2.75, 3.05) is 0 Å². The molecule has 4 heteroatoms. The average molecular weight is 356 g/mol. The van der Waals surface area contributed by atoms with E-state index in [0.717, 1.165) is 23.6 Å². The van der Waals surface area contributed by atoms with Crippen LogP contribution in [0.4, 0.5) is 0 Å². The van der Waals surface area contributed by atoms with Gasteiger partial charge >= 0.3 is 0 Å². The largest absolute Gasteiger partial charge is 0.314 e. The molecular weight excluding hydrogens is 326 g/mol. The molecule has 0 unspecified atom stereocenters. The molecule has 0 bridgehead atoms. The van der Waals surface area contributed by atoms with Gasteiger partial charge in [0.05, 0.1) is 5.33 Å². The van der Waals surface area contributed by atoms with Crippen LogP contribution < -0.4 is 0 Å². The van der Waals surface area contributed by atoms with E-state index >= 15 is 0 Å². The van der Waals surface area contributed by atoms with E-state index in [-0.39, 0.29) is 0 Å². The molecule has 0 spiro atoms. The Morgan fingerprint density at radius 1 is 1.19 bits per heavy atom. The molecule has 3 nitrogen and oxygen atoms in total. The van der Waals surface area contributed by atoms with Crippen molar-refractivity contribution in [3.05, 3.63) is 11.6 Å². The maximum absolute atomic E-state index is 4.53. The smallest absolute Gasteiger partial charge is 0.143 e. The highest BCUT2D eigenvalue weighted by atomic mass is 79.9. The summed E-state index contributed by atoms with van der Waals surface area (Å²) in [5.74, 6) is 4.55. The van der Waals surface area contributed by atoms with E-state index in [2.05, 4.69) is 51.5 Å².